The molecule has 5 heteroatoms. The Labute approximate surface area is 119 Å². The van der Waals surface area contributed by atoms with Gasteiger partial charge in [0.05, 0.1) is 5.69 Å². The summed E-state index contributed by atoms with van der Waals surface area (Å²) in [5.74, 6) is 0.225. The molecule has 0 amide bonds. The Morgan fingerprint density at radius 2 is 2.10 bits per heavy atom. The SMILES string of the molecule is O=C(O)C1CCCc2nc(CCN3CCCCC3)cn21. The van der Waals surface area contributed by atoms with E-state index >= 15 is 0 Å². The molecule has 1 unspecified atom stereocenters. The molecule has 0 radical (unpaired) electrons. The van der Waals surface area contributed by atoms with Crippen molar-refractivity contribution in [1.82, 2.24) is 14.5 Å². The van der Waals surface area contributed by atoms with Gasteiger partial charge in [-0.1, -0.05) is 6.42 Å². The predicted octanol–water partition coefficient (Wildman–Crippen LogP) is 1.87. The van der Waals surface area contributed by atoms with Crippen molar-refractivity contribution in [2.24, 2.45) is 0 Å². The minimum atomic E-state index is -0.731. The summed E-state index contributed by atoms with van der Waals surface area (Å²) in [6.45, 7) is 3.45. The van der Waals surface area contributed by atoms with Crippen LogP contribution in [-0.4, -0.2) is 45.2 Å². The highest BCUT2D eigenvalue weighted by atomic mass is 16.4. The number of fused-ring (bicyclic) bond motifs is 1. The summed E-state index contributed by atoms with van der Waals surface area (Å²) in [7, 11) is 0. The molecular formula is C15H23N3O2. The van der Waals surface area contributed by atoms with Crippen LogP contribution in [0.2, 0.25) is 0 Å². The van der Waals surface area contributed by atoms with Crippen LogP contribution in [0.4, 0.5) is 0 Å². The Bertz CT molecular complexity index is 477. The molecule has 3 heterocycles. The molecule has 1 aromatic heterocycles. The first-order valence-corrected chi connectivity index (χ1v) is 7.76. The molecule has 20 heavy (non-hydrogen) atoms. The largest absolute Gasteiger partial charge is 0.480 e. The van der Waals surface area contributed by atoms with E-state index in [1.807, 2.05) is 10.8 Å². The predicted molar refractivity (Wildman–Crippen MR) is 75.8 cm³/mol. The molecule has 0 bridgehead atoms. The molecule has 110 valence electrons. The van der Waals surface area contributed by atoms with E-state index in [2.05, 4.69) is 9.88 Å². The maximum atomic E-state index is 11.3. The van der Waals surface area contributed by atoms with Gasteiger partial charge >= 0.3 is 5.97 Å². The Hall–Kier alpha value is -1.36. The second-order valence-electron chi connectivity index (χ2n) is 5.95. The van der Waals surface area contributed by atoms with Crippen LogP contribution in [0, 0.1) is 0 Å². The monoisotopic (exact) mass is 277 g/mol. The highest BCUT2D eigenvalue weighted by molar-refractivity contribution is 5.72. The van der Waals surface area contributed by atoms with Gasteiger partial charge < -0.3 is 14.6 Å². The molecule has 3 rings (SSSR count). The first-order chi connectivity index (χ1) is 9.74. The normalized spacial score (nSPS) is 23.5. The average molecular weight is 277 g/mol. The topological polar surface area (TPSA) is 58.4 Å². The molecule has 1 atom stereocenters. The van der Waals surface area contributed by atoms with Crippen LogP contribution in [0.1, 0.15) is 49.7 Å². The Morgan fingerprint density at radius 3 is 2.85 bits per heavy atom. The van der Waals surface area contributed by atoms with E-state index in [1.54, 1.807) is 0 Å². The Balaban J connectivity index is 1.64. The van der Waals surface area contributed by atoms with Crippen LogP contribution >= 0.6 is 0 Å². The molecule has 1 N–H and O–H groups in total. The summed E-state index contributed by atoms with van der Waals surface area (Å²) < 4.78 is 1.89. The number of nitrogens with zero attached hydrogens (tertiary/aromatic N) is 3. The minimum absolute atomic E-state index is 0.407. The zero-order valence-corrected chi connectivity index (χ0v) is 11.9. The van der Waals surface area contributed by atoms with E-state index in [4.69, 9.17) is 0 Å². The van der Waals surface area contributed by atoms with Gasteiger partial charge in [-0.05, 0) is 38.8 Å². The molecule has 2 aliphatic heterocycles. The van der Waals surface area contributed by atoms with Crippen molar-refractivity contribution in [2.45, 2.75) is 51.0 Å². The van der Waals surface area contributed by atoms with Gasteiger partial charge in [0.2, 0.25) is 0 Å². The molecular weight excluding hydrogens is 254 g/mol. The van der Waals surface area contributed by atoms with Crippen LogP contribution in [-0.2, 0) is 17.6 Å². The highest BCUT2D eigenvalue weighted by Crippen LogP contribution is 2.25. The van der Waals surface area contributed by atoms with Gasteiger partial charge in [-0.25, -0.2) is 9.78 Å². The summed E-state index contributed by atoms with van der Waals surface area (Å²) in [4.78, 5) is 18.4. The van der Waals surface area contributed by atoms with E-state index in [0.717, 1.165) is 43.7 Å². The number of piperidine rings is 1. The zero-order chi connectivity index (χ0) is 13.9. The third kappa shape index (κ3) is 2.87. The minimum Gasteiger partial charge on any atom is -0.480 e. The maximum Gasteiger partial charge on any atom is 0.326 e. The van der Waals surface area contributed by atoms with Crippen LogP contribution in [0.3, 0.4) is 0 Å². The van der Waals surface area contributed by atoms with Gasteiger partial charge in [0.15, 0.2) is 0 Å². The molecule has 5 nitrogen and oxygen atoms in total. The van der Waals surface area contributed by atoms with Gasteiger partial charge in [0.25, 0.3) is 0 Å². The fraction of sp³-hybridized carbons (Fsp3) is 0.733. The fourth-order valence-corrected chi connectivity index (χ4v) is 3.35. The van der Waals surface area contributed by atoms with Crippen LogP contribution in [0.25, 0.3) is 0 Å². The standard InChI is InChI=1S/C15H23N3O2/c19-15(20)13-5-4-6-14-16-12(11-18(13)14)7-10-17-8-2-1-3-9-17/h11,13H,1-10H2,(H,19,20). The molecule has 0 aromatic carbocycles. The van der Waals surface area contributed by atoms with Crippen molar-refractivity contribution in [1.29, 1.82) is 0 Å². The highest BCUT2D eigenvalue weighted by Gasteiger charge is 2.26. The van der Waals surface area contributed by atoms with E-state index in [9.17, 15) is 9.90 Å². The summed E-state index contributed by atoms with van der Waals surface area (Å²) in [6, 6.07) is -0.407. The number of carbonyl (C=O) groups is 1. The van der Waals surface area contributed by atoms with Crippen LogP contribution in [0.5, 0.6) is 0 Å². The second-order valence-corrected chi connectivity index (χ2v) is 5.95. The number of hydrogen-bond acceptors (Lipinski definition) is 3. The van der Waals surface area contributed by atoms with Crippen LogP contribution in [0.15, 0.2) is 6.20 Å². The van der Waals surface area contributed by atoms with Gasteiger partial charge in [-0.15, -0.1) is 0 Å². The smallest absolute Gasteiger partial charge is 0.326 e. The van der Waals surface area contributed by atoms with Gasteiger partial charge in [-0.2, -0.15) is 0 Å². The van der Waals surface area contributed by atoms with Gasteiger partial charge in [0, 0.05) is 25.6 Å². The van der Waals surface area contributed by atoms with E-state index in [-0.39, 0.29) is 0 Å². The van der Waals surface area contributed by atoms with Gasteiger partial charge in [0.1, 0.15) is 11.9 Å². The van der Waals surface area contributed by atoms with E-state index in [1.165, 1.54) is 32.4 Å². The molecule has 1 saturated heterocycles. The number of likely N-dealkylation sites (tertiary alicyclic amines) is 1. The molecule has 1 aromatic rings. The number of carboxylic acid groups (broad SMARTS) is 1. The summed E-state index contributed by atoms with van der Waals surface area (Å²) in [6.07, 6.45) is 9.44. The second kappa shape index (κ2) is 5.95. The number of imidazole rings is 1. The van der Waals surface area contributed by atoms with Gasteiger partial charge in [-0.3, -0.25) is 0 Å². The van der Waals surface area contributed by atoms with E-state index < -0.39 is 12.0 Å². The number of hydrogen-bond donors (Lipinski definition) is 1. The quantitative estimate of drug-likeness (QED) is 0.913. The van der Waals surface area contributed by atoms with Crippen molar-refractivity contribution in [2.75, 3.05) is 19.6 Å². The fourth-order valence-electron chi connectivity index (χ4n) is 3.35. The average Bonchev–Trinajstić information content (AvgIpc) is 2.88. The van der Waals surface area contributed by atoms with Crippen molar-refractivity contribution in [3.63, 3.8) is 0 Å². The van der Waals surface area contributed by atoms with Crippen molar-refractivity contribution in [3.8, 4) is 0 Å². The lowest BCUT2D eigenvalue weighted by Gasteiger charge is -2.25. The third-order valence-corrected chi connectivity index (χ3v) is 4.49. The number of rotatable bonds is 4. The first-order valence-electron chi connectivity index (χ1n) is 7.76. The number of aromatic nitrogens is 2. The molecule has 0 aliphatic carbocycles. The van der Waals surface area contributed by atoms with Crippen molar-refractivity contribution in [3.05, 3.63) is 17.7 Å². The first kappa shape index (κ1) is 13.6. The Morgan fingerprint density at radius 1 is 1.30 bits per heavy atom. The molecule has 0 spiro atoms. The number of aliphatic carboxylic acids is 1. The third-order valence-electron chi connectivity index (χ3n) is 4.49. The van der Waals surface area contributed by atoms with E-state index in [0.29, 0.717) is 0 Å². The summed E-state index contributed by atoms with van der Waals surface area (Å²) in [5, 5.41) is 9.27. The number of carboxylic acids is 1. The lowest BCUT2D eigenvalue weighted by Crippen LogP contribution is -2.31. The zero-order valence-electron chi connectivity index (χ0n) is 11.9. The van der Waals surface area contributed by atoms with Crippen molar-refractivity contribution < 1.29 is 9.90 Å². The lowest BCUT2D eigenvalue weighted by atomic mass is 10.1. The molecule has 2 aliphatic rings. The summed E-state index contributed by atoms with van der Waals surface area (Å²) >= 11 is 0. The molecule has 0 saturated carbocycles. The maximum absolute atomic E-state index is 11.3. The Kier molecular flexibility index (Phi) is 4.05. The summed E-state index contributed by atoms with van der Waals surface area (Å²) in [5.41, 5.74) is 1.05. The van der Waals surface area contributed by atoms with Crippen LogP contribution < -0.4 is 0 Å². The lowest BCUT2D eigenvalue weighted by molar-refractivity contribution is -0.141. The number of aryl methyl sites for hydroxylation is 1. The molecule has 1 fully saturated rings. The van der Waals surface area contributed by atoms with Crippen molar-refractivity contribution >= 4 is 5.97 Å².